The van der Waals surface area contributed by atoms with E-state index >= 15 is 0 Å². The highest BCUT2D eigenvalue weighted by Crippen LogP contribution is 2.58. The van der Waals surface area contributed by atoms with Gasteiger partial charge in [0.2, 0.25) is 0 Å². The van der Waals surface area contributed by atoms with Crippen molar-refractivity contribution in [1.29, 1.82) is 0 Å². The van der Waals surface area contributed by atoms with E-state index in [1.165, 1.54) is 67.1 Å². The third-order valence-electron chi connectivity index (χ3n) is 25.5. The summed E-state index contributed by atoms with van der Waals surface area (Å²) in [5.41, 5.74) is 31.6. The van der Waals surface area contributed by atoms with Gasteiger partial charge in [0.05, 0.1) is 22.7 Å². The molecular weight excluding hydrogens is 1340 g/mol. The summed E-state index contributed by atoms with van der Waals surface area (Å²) in [6.45, 7) is 37.6. The van der Waals surface area contributed by atoms with Gasteiger partial charge in [0.1, 0.15) is 11.5 Å². The third kappa shape index (κ3) is 10.7. The highest BCUT2D eigenvalue weighted by atomic mass is 16.5. The number of aryl methyl sites for hydroxylation is 2. The molecule has 19 rings (SSSR count). The number of rotatable bonds is 10. The van der Waals surface area contributed by atoms with Crippen LogP contribution < -0.4 is 61.9 Å². The van der Waals surface area contributed by atoms with Crippen molar-refractivity contribution in [3.8, 4) is 34.6 Å². The molecule has 2 aromatic heterocycles. The van der Waals surface area contributed by atoms with Crippen LogP contribution in [0.5, 0.6) is 23.3 Å². The quantitative estimate of drug-likeness (QED) is 0.127. The summed E-state index contributed by atoms with van der Waals surface area (Å²) in [5.74, 6) is 3.33. The minimum atomic E-state index is -0.305. The topological polar surface area (TPSA) is 41.3 Å². The first-order valence-corrected chi connectivity index (χ1v) is 39.9. The van der Waals surface area contributed by atoms with Crippen molar-refractivity contribution in [3.05, 3.63) is 300 Å². The highest BCUT2D eigenvalue weighted by Gasteiger charge is 2.52. The normalized spacial score (nSPS) is 16.2. The van der Waals surface area contributed by atoms with E-state index in [4.69, 9.17) is 9.47 Å². The minimum Gasteiger partial charge on any atom is -0.441 e. The highest BCUT2D eigenvalue weighted by molar-refractivity contribution is 7.02. The second-order valence-corrected chi connectivity index (χ2v) is 36.7. The number of nitrogens with zero attached hydrogens (tertiary/aromatic N) is 6. The number of aromatic nitrogens is 2. The largest absolute Gasteiger partial charge is 0.441 e. The molecule has 11 aromatic carbocycles. The van der Waals surface area contributed by atoms with Gasteiger partial charge in [-0.05, 0) is 230 Å². The summed E-state index contributed by atoms with van der Waals surface area (Å²) >= 11 is 0. The first kappa shape index (κ1) is 69.4. The Hall–Kier alpha value is -11.1. The van der Waals surface area contributed by atoms with Crippen LogP contribution in [0.15, 0.2) is 255 Å². The Kier molecular flexibility index (Phi) is 15.6. The van der Waals surface area contributed by atoms with Gasteiger partial charge in [-0.1, -0.05) is 236 Å². The van der Waals surface area contributed by atoms with Gasteiger partial charge in [0, 0.05) is 91.2 Å². The maximum atomic E-state index is 8.03. The Labute approximate surface area is 651 Å². The molecule has 110 heavy (non-hydrogen) atoms. The summed E-state index contributed by atoms with van der Waals surface area (Å²) in [7, 11) is 0. The van der Waals surface area contributed by atoms with Crippen LogP contribution >= 0.6 is 0 Å². The van der Waals surface area contributed by atoms with Crippen molar-refractivity contribution in [3.63, 3.8) is 0 Å². The maximum Gasteiger partial charge on any atom is 0.258 e. The molecule has 8 nitrogen and oxygen atoms in total. The van der Waals surface area contributed by atoms with E-state index in [-0.39, 0.29) is 45.9 Å². The third-order valence-corrected chi connectivity index (χ3v) is 25.5. The van der Waals surface area contributed by atoms with Gasteiger partial charge in [-0.2, -0.15) is 0 Å². The van der Waals surface area contributed by atoms with Crippen molar-refractivity contribution in [1.82, 2.24) is 9.13 Å². The van der Waals surface area contributed by atoms with E-state index in [1.807, 2.05) is 0 Å². The molecule has 0 saturated heterocycles. The monoisotopic (exact) mass is 1440 g/mol. The predicted octanol–water partition coefficient (Wildman–Crippen LogP) is 22.9. The van der Waals surface area contributed by atoms with E-state index in [0.717, 1.165) is 139 Å². The Morgan fingerprint density at radius 2 is 0.664 bits per heavy atom. The summed E-state index contributed by atoms with van der Waals surface area (Å²) in [5, 5.41) is 0. The van der Waals surface area contributed by atoms with Crippen LogP contribution in [0.1, 0.15) is 167 Å². The number of anilines is 12. The second kappa shape index (κ2) is 24.7. The maximum absolute atomic E-state index is 8.03. The van der Waals surface area contributed by atoms with Crippen LogP contribution in [0.4, 0.5) is 68.2 Å². The van der Waals surface area contributed by atoms with Crippen LogP contribution in [0.2, 0.25) is 0 Å². The van der Waals surface area contributed by atoms with Crippen LogP contribution in [0.25, 0.3) is 11.4 Å². The van der Waals surface area contributed by atoms with Gasteiger partial charge in [-0.25, -0.2) is 0 Å². The molecule has 6 heterocycles. The average Bonchev–Trinajstić information content (AvgIpc) is 1.12. The zero-order valence-electron chi connectivity index (χ0n) is 66.7. The molecule has 0 fully saturated rings. The number of hydrogen-bond acceptors (Lipinski definition) is 6. The Balaban J connectivity index is 0.951. The Morgan fingerprint density at radius 3 is 1.03 bits per heavy atom. The van der Waals surface area contributed by atoms with Gasteiger partial charge < -0.3 is 29.1 Å². The summed E-state index contributed by atoms with van der Waals surface area (Å²) < 4.78 is 20.9. The minimum absolute atomic E-state index is 0.0337. The lowest BCUT2D eigenvalue weighted by atomic mass is 9.31. The van der Waals surface area contributed by atoms with Crippen molar-refractivity contribution >= 4 is 114 Å². The Bertz CT molecular complexity index is 5540. The molecule has 0 N–H and O–H groups in total. The first-order chi connectivity index (χ1) is 52.7. The summed E-state index contributed by atoms with van der Waals surface area (Å²) in [6.07, 6.45) is 4.35. The van der Waals surface area contributed by atoms with Crippen LogP contribution in [0.3, 0.4) is 0 Å². The molecule has 0 saturated carbocycles. The number of para-hydroxylation sites is 6. The second-order valence-electron chi connectivity index (χ2n) is 36.7. The molecule has 13 aromatic rings. The molecule has 546 valence electrons. The lowest BCUT2D eigenvalue weighted by Gasteiger charge is -2.46. The van der Waals surface area contributed by atoms with Crippen molar-refractivity contribution in [2.24, 2.45) is 0 Å². The van der Waals surface area contributed by atoms with E-state index in [2.05, 4.69) is 394 Å². The molecule has 0 atom stereocenters. The lowest BCUT2D eigenvalue weighted by molar-refractivity contribution is 0.332. The van der Waals surface area contributed by atoms with Crippen LogP contribution in [-0.2, 0) is 32.5 Å². The zero-order valence-corrected chi connectivity index (χ0v) is 66.7. The molecular formula is C100H98B2N6O2. The van der Waals surface area contributed by atoms with Gasteiger partial charge in [-0.15, -0.1) is 0 Å². The lowest BCUT2D eigenvalue weighted by Crippen LogP contribution is -2.63. The number of fused-ring (bicyclic) bond motifs is 10. The van der Waals surface area contributed by atoms with E-state index in [1.54, 1.807) is 0 Å². The van der Waals surface area contributed by atoms with Crippen molar-refractivity contribution < 1.29 is 9.47 Å². The fraction of sp³-hybridized carbons (Fsp3) is 0.260. The first-order valence-electron chi connectivity index (χ1n) is 39.9. The van der Waals surface area contributed by atoms with Gasteiger partial charge >= 0.3 is 0 Å². The summed E-state index contributed by atoms with van der Waals surface area (Å²) in [4.78, 5) is 10.3. The molecule has 0 unspecified atom stereocenters. The van der Waals surface area contributed by atoms with Gasteiger partial charge in [0.15, 0.2) is 11.8 Å². The standard InChI is InChI=1S/C100H98B2N6O2/c1-63-35-29-31-47-77(63)105(79-49-33-45-71-89(79)99(13,14)53-51-97(71,9)10)69-55-83-91-85(57-69)109-93-75(60-87(95(3,4)5)107(93)67-41-25-19-26-42-67)101(91)73-59-74-82(62-81(73)103(83)65-37-21-17-22-38-65)104(66-39-23-18-24-40-66)84-56-70(58-86-92(84)102(74)76-61-88(96(6,7)8)108(94(76)110-86)68-43-27-20-28-44-68)106(78-48-32-30-36-64(78)2)80-50-34-46-72-90(80)100(15,16)54-52-98(72,11)12/h17-50,55-62H,51-54H2,1-16H3. The van der Waals surface area contributed by atoms with Crippen LogP contribution in [-0.4, -0.2) is 22.6 Å². The number of hydrogen-bond donors (Lipinski definition) is 0. The van der Waals surface area contributed by atoms with E-state index in [0.29, 0.717) is 0 Å². The van der Waals surface area contributed by atoms with Crippen molar-refractivity contribution in [2.45, 2.75) is 169 Å². The predicted molar refractivity (Wildman–Crippen MR) is 464 cm³/mol. The zero-order chi connectivity index (χ0) is 76.0. The molecule has 0 amide bonds. The van der Waals surface area contributed by atoms with E-state index in [9.17, 15) is 0 Å². The van der Waals surface area contributed by atoms with Crippen LogP contribution in [0, 0.1) is 13.8 Å². The van der Waals surface area contributed by atoms with Gasteiger partial charge in [0.25, 0.3) is 13.4 Å². The molecule has 0 radical (unpaired) electrons. The molecule has 4 aliphatic heterocycles. The fourth-order valence-corrected chi connectivity index (χ4v) is 19.8. The molecule has 0 spiro atoms. The average molecular weight is 1440 g/mol. The summed E-state index contributed by atoms with van der Waals surface area (Å²) in [6, 6.07) is 96.3. The number of benzene rings is 11. The molecule has 2 aliphatic carbocycles. The Morgan fingerprint density at radius 1 is 0.327 bits per heavy atom. The fourth-order valence-electron chi connectivity index (χ4n) is 19.8. The number of ether oxygens (including phenoxy) is 2. The SMILES string of the molecule is Cc1ccccc1N(c1cc2c3c(c1)N(c1ccccc1)c1cc4c(cc1B3c1cc(C(C)(C)C)n(-c3ccccc3)c1O2)B1c2cc(C(C)(C)C)n(-c3ccccc3)c2Oc2cc(N(c3ccccc3C)c3cccc5c3C(C)(C)CCC5(C)C)cc(c21)N4c1ccccc1)c1cccc2c1C(C)(C)CCC2(C)C. The smallest absolute Gasteiger partial charge is 0.258 e. The van der Waals surface area contributed by atoms with Gasteiger partial charge in [-0.3, -0.25) is 9.13 Å². The van der Waals surface area contributed by atoms with E-state index < -0.39 is 0 Å². The molecule has 0 bridgehead atoms. The molecule has 10 heteroatoms. The molecule has 6 aliphatic rings. The van der Waals surface area contributed by atoms with Crippen molar-refractivity contribution in [2.75, 3.05) is 19.6 Å².